The van der Waals surface area contributed by atoms with E-state index in [2.05, 4.69) is 22.7 Å². The van der Waals surface area contributed by atoms with Crippen molar-refractivity contribution in [2.24, 2.45) is 7.05 Å². The molecule has 2 N–H and O–H groups in total. The second kappa shape index (κ2) is 3.61. The van der Waals surface area contributed by atoms with E-state index in [1.54, 1.807) is 0 Å². The largest absolute Gasteiger partial charge is 0.381 e. The third-order valence-corrected chi connectivity index (χ3v) is 2.84. The van der Waals surface area contributed by atoms with Gasteiger partial charge >= 0.3 is 0 Å². The molecule has 1 saturated heterocycles. The second-order valence-corrected chi connectivity index (χ2v) is 4.35. The monoisotopic (exact) mass is 194 g/mol. The van der Waals surface area contributed by atoms with Crippen molar-refractivity contribution in [3.63, 3.8) is 0 Å². The predicted octanol–water partition coefficient (Wildman–Crippen LogP) is 0.974. The lowest BCUT2D eigenvalue weighted by molar-refractivity contribution is 0.439. The molecule has 0 amide bonds. The minimum Gasteiger partial charge on any atom is -0.381 e. The maximum Gasteiger partial charge on any atom is 0.0727 e. The van der Waals surface area contributed by atoms with Gasteiger partial charge in [0.25, 0.3) is 0 Å². The Kier molecular flexibility index (Phi) is 2.46. The van der Waals surface area contributed by atoms with E-state index in [0.717, 1.165) is 18.8 Å². The molecule has 78 valence electrons. The van der Waals surface area contributed by atoms with Crippen LogP contribution in [0.25, 0.3) is 0 Å². The molecule has 0 aliphatic carbocycles. The first-order chi connectivity index (χ1) is 6.68. The van der Waals surface area contributed by atoms with Crippen LogP contribution in [0.4, 0.5) is 5.69 Å². The fourth-order valence-corrected chi connectivity index (χ4v) is 1.92. The van der Waals surface area contributed by atoms with Crippen LogP contribution in [0.2, 0.25) is 0 Å². The zero-order chi connectivity index (χ0) is 10.0. The first kappa shape index (κ1) is 9.52. The molecule has 2 heterocycles. The van der Waals surface area contributed by atoms with E-state index in [1.165, 1.54) is 12.8 Å². The summed E-state index contributed by atoms with van der Waals surface area (Å²) in [7, 11) is 1.93. The van der Waals surface area contributed by atoms with Gasteiger partial charge in [-0.05, 0) is 26.3 Å². The van der Waals surface area contributed by atoms with Crippen LogP contribution in [0.3, 0.4) is 0 Å². The van der Waals surface area contributed by atoms with Gasteiger partial charge in [0, 0.05) is 25.3 Å². The van der Waals surface area contributed by atoms with Crippen molar-refractivity contribution in [1.29, 1.82) is 0 Å². The highest BCUT2D eigenvalue weighted by molar-refractivity contribution is 5.38. The van der Waals surface area contributed by atoms with Crippen LogP contribution in [-0.2, 0) is 7.05 Å². The molecule has 0 aromatic carbocycles. The molecule has 1 fully saturated rings. The van der Waals surface area contributed by atoms with E-state index in [9.17, 15) is 0 Å². The Balaban J connectivity index is 1.87. The molecule has 2 rings (SSSR count). The molecule has 1 aromatic rings. The molecule has 1 aromatic heterocycles. The molecule has 1 aliphatic heterocycles. The maximum absolute atomic E-state index is 4.12. The molecule has 1 aliphatic rings. The van der Waals surface area contributed by atoms with Gasteiger partial charge in [0.1, 0.15) is 0 Å². The Morgan fingerprint density at radius 2 is 2.57 bits per heavy atom. The summed E-state index contributed by atoms with van der Waals surface area (Å²) < 4.78 is 1.81. The maximum atomic E-state index is 4.12. The third kappa shape index (κ3) is 2.07. The zero-order valence-corrected chi connectivity index (χ0v) is 8.88. The average Bonchev–Trinajstić information content (AvgIpc) is 2.73. The number of anilines is 1. The van der Waals surface area contributed by atoms with E-state index >= 15 is 0 Å². The summed E-state index contributed by atoms with van der Waals surface area (Å²) in [5.41, 5.74) is 1.36. The minimum absolute atomic E-state index is 0.260. The lowest BCUT2D eigenvalue weighted by Gasteiger charge is -2.24. The predicted molar refractivity (Wildman–Crippen MR) is 57.3 cm³/mol. The molecule has 4 heteroatoms. The van der Waals surface area contributed by atoms with Crippen molar-refractivity contribution in [3.05, 3.63) is 12.4 Å². The van der Waals surface area contributed by atoms with Crippen molar-refractivity contribution < 1.29 is 0 Å². The van der Waals surface area contributed by atoms with Gasteiger partial charge in [0.2, 0.25) is 0 Å². The highest BCUT2D eigenvalue weighted by Gasteiger charge is 2.27. The topological polar surface area (TPSA) is 41.9 Å². The standard InChI is InChI=1S/C10H18N4/c1-10(4-3-5-12-10)8-11-9-6-13-14(2)7-9/h6-7,11-12H,3-5,8H2,1-2H3. The molecule has 1 unspecified atom stereocenters. The van der Waals surface area contributed by atoms with E-state index in [-0.39, 0.29) is 5.54 Å². The number of aromatic nitrogens is 2. The van der Waals surface area contributed by atoms with Crippen LogP contribution in [0.5, 0.6) is 0 Å². The van der Waals surface area contributed by atoms with Gasteiger partial charge in [-0.15, -0.1) is 0 Å². The molecular formula is C10H18N4. The number of aryl methyl sites for hydroxylation is 1. The fourth-order valence-electron chi connectivity index (χ4n) is 1.92. The van der Waals surface area contributed by atoms with Crippen molar-refractivity contribution in [1.82, 2.24) is 15.1 Å². The summed E-state index contributed by atoms with van der Waals surface area (Å²) in [6.45, 7) is 4.38. The molecule has 4 nitrogen and oxygen atoms in total. The van der Waals surface area contributed by atoms with E-state index in [4.69, 9.17) is 0 Å². The summed E-state index contributed by atoms with van der Waals surface area (Å²) in [6, 6.07) is 0. The molecule has 0 bridgehead atoms. The van der Waals surface area contributed by atoms with E-state index in [1.807, 2.05) is 24.1 Å². The lowest BCUT2D eigenvalue weighted by Crippen LogP contribution is -2.42. The summed E-state index contributed by atoms with van der Waals surface area (Å²) in [5.74, 6) is 0. The number of nitrogens with zero attached hydrogens (tertiary/aromatic N) is 2. The Morgan fingerprint density at radius 3 is 3.14 bits per heavy atom. The molecule has 0 spiro atoms. The molecule has 0 radical (unpaired) electrons. The molecule has 1 atom stereocenters. The summed E-state index contributed by atoms with van der Waals surface area (Å²) >= 11 is 0. The normalized spacial score (nSPS) is 26.7. The Bertz CT molecular complexity index is 299. The molecule has 14 heavy (non-hydrogen) atoms. The van der Waals surface area contributed by atoms with Crippen LogP contribution in [0.1, 0.15) is 19.8 Å². The first-order valence-corrected chi connectivity index (χ1v) is 5.16. The van der Waals surface area contributed by atoms with Gasteiger partial charge in [-0.2, -0.15) is 5.10 Å². The van der Waals surface area contributed by atoms with Crippen molar-refractivity contribution >= 4 is 5.69 Å². The summed E-state index contributed by atoms with van der Waals surface area (Å²) in [4.78, 5) is 0. The Morgan fingerprint density at radius 1 is 1.71 bits per heavy atom. The average molecular weight is 194 g/mol. The van der Waals surface area contributed by atoms with Gasteiger partial charge in [-0.25, -0.2) is 0 Å². The SMILES string of the molecule is Cn1cc(NCC2(C)CCCN2)cn1. The van der Waals surface area contributed by atoms with Gasteiger partial charge in [-0.1, -0.05) is 0 Å². The molecule has 0 saturated carbocycles. The third-order valence-electron chi connectivity index (χ3n) is 2.84. The van der Waals surface area contributed by atoms with Crippen molar-refractivity contribution in [2.75, 3.05) is 18.4 Å². The highest BCUT2D eigenvalue weighted by Crippen LogP contribution is 2.19. The lowest BCUT2D eigenvalue weighted by atomic mass is 10.0. The van der Waals surface area contributed by atoms with Crippen molar-refractivity contribution in [3.8, 4) is 0 Å². The number of hydrogen-bond donors (Lipinski definition) is 2. The minimum atomic E-state index is 0.260. The van der Waals surface area contributed by atoms with Crippen LogP contribution < -0.4 is 10.6 Å². The van der Waals surface area contributed by atoms with Gasteiger partial charge in [-0.3, -0.25) is 4.68 Å². The van der Waals surface area contributed by atoms with E-state index in [0.29, 0.717) is 0 Å². The van der Waals surface area contributed by atoms with Gasteiger partial charge < -0.3 is 10.6 Å². The number of nitrogens with one attached hydrogen (secondary N) is 2. The van der Waals surface area contributed by atoms with Crippen LogP contribution in [0.15, 0.2) is 12.4 Å². The van der Waals surface area contributed by atoms with Gasteiger partial charge in [0.15, 0.2) is 0 Å². The first-order valence-electron chi connectivity index (χ1n) is 5.16. The van der Waals surface area contributed by atoms with Crippen molar-refractivity contribution in [2.45, 2.75) is 25.3 Å². The molecular weight excluding hydrogens is 176 g/mol. The highest BCUT2D eigenvalue weighted by atomic mass is 15.3. The summed E-state index contributed by atoms with van der Waals surface area (Å²) in [5, 5.41) is 11.0. The number of hydrogen-bond acceptors (Lipinski definition) is 3. The zero-order valence-electron chi connectivity index (χ0n) is 8.88. The fraction of sp³-hybridized carbons (Fsp3) is 0.700. The van der Waals surface area contributed by atoms with E-state index < -0.39 is 0 Å². The Hall–Kier alpha value is -1.03. The number of rotatable bonds is 3. The Labute approximate surface area is 84.7 Å². The quantitative estimate of drug-likeness (QED) is 0.753. The smallest absolute Gasteiger partial charge is 0.0727 e. The van der Waals surface area contributed by atoms with Gasteiger partial charge in [0.05, 0.1) is 11.9 Å². The van der Waals surface area contributed by atoms with Crippen LogP contribution in [-0.4, -0.2) is 28.4 Å². The van der Waals surface area contributed by atoms with Crippen LogP contribution >= 0.6 is 0 Å². The second-order valence-electron chi connectivity index (χ2n) is 4.35. The summed E-state index contributed by atoms with van der Waals surface area (Å²) in [6.07, 6.45) is 6.39. The van der Waals surface area contributed by atoms with Crippen LogP contribution in [0, 0.1) is 0 Å².